The molecule has 2 unspecified atom stereocenters. The number of phosphoric acid groups is 1. The molecule has 0 spiro atoms. The van der Waals surface area contributed by atoms with Crippen LogP contribution >= 0.6 is 26.0 Å². The topological polar surface area (TPSA) is 287 Å². The third kappa shape index (κ3) is 11.7. The smallest absolute Gasteiger partial charge is 0.427 e. The Balaban J connectivity index is 1.08. The number of aromatic amines is 1. The molecule has 64 heavy (non-hydrogen) atoms. The summed E-state index contributed by atoms with van der Waals surface area (Å²) in [5.41, 5.74) is 11.1. The molecule has 7 rings (SSSR count). The summed E-state index contributed by atoms with van der Waals surface area (Å²) < 4.78 is 87.6. The number of halogens is 1. The quantitative estimate of drug-likeness (QED) is 0.0451. The summed E-state index contributed by atoms with van der Waals surface area (Å²) in [5.74, 6) is -1.96. The Morgan fingerprint density at radius 2 is 1.61 bits per heavy atom. The van der Waals surface area contributed by atoms with Gasteiger partial charge in [0, 0.05) is 30.4 Å². The van der Waals surface area contributed by atoms with Gasteiger partial charge in [0.25, 0.3) is 5.56 Å². The second-order valence-corrected chi connectivity index (χ2v) is 21.2. The average Bonchev–Trinajstić information content (AvgIpc) is 3.94. The number of hydrogen-bond acceptors (Lipinski definition) is 18. The molecule has 3 saturated heterocycles. The minimum Gasteiger partial charge on any atom is -0.427 e. The number of hydrogen-bond donors (Lipinski definition) is 4. The van der Waals surface area contributed by atoms with Gasteiger partial charge in [0.15, 0.2) is 11.5 Å². The van der Waals surface area contributed by atoms with Crippen LogP contribution in [0.4, 0.5) is 10.2 Å². The first kappa shape index (κ1) is 48.1. The number of anilines is 1. The molecule has 0 saturated carbocycles. The maximum absolute atomic E-state index is 15.1. The number of imidazole rings is 1. The van der Waals surface area contributed by atoms with Gasteiger partial charge < -0.3 is 30.6 Å². The van der Waals surface area contributed by atoms with Gasteiger partial charge >= 0.3 is 26.3 Å². The van der Waals surface area contributed by atoms with Gasteiger partial charge in [-0.05, 0) is 48.5 Å². The SMILES string of the molecule is C[C@@H]1[C@@H]2OP(=O)(SCc3ccc(OC(=O)CCCCCCCCCCN)cc3)OC[C@H]3O[C@@H](n4cnc5c(N)ncnc54)[C@H](CF)[C@@H]3OP(=O)(O)OC[C@H]2O[C@H]1n1ccc(=O)[nH]c1=O. The summed E-state index contributed by atoms with van der Waals surface area (Å²) >= 11 is 0.806. The number of nitrogens with two attached hydrogens (primary N) is 2. The lowest BCUT2D eigenvalue weighted by Crippen LogP contribution is -2.36. The first-order valence-corrected chi connectivity index (χ1v) is 25.7. The number of esters is 1. The van der Waals surface area contributed by atoms with Crippen molar-refractivity contribution in [1.82, 2.24) is 29.1 Å². The fourth-order valence-corrected chi connectivity index (χ4v) is 12.4. The highest BCUT2D eigenvalue weighted by atomic mass is 32.7. The van der Waals surface area contributed by atoms with Crippen molar-refractivity contribution in [2.75, 3.05) is 32.2 Å². The molecular weight excluding hydrogens is 901 g/mol. The van der Waals surface area contributed by atoms with Crippen LogP contribution in [0.1, 0.15) is 82.7 Å². The van der Waals surface area contributed by atoms with E-state index in [0.717, 1.165) is 73.5 Å². The number of benzene rings is 1. The average molecular weight is 955 g/mol. The van der Waals surface area contributed by atoms with Gasteiger partial charge in [-0.2, -0.15) is 0 Å². The van der Waals surface area contributed by atoms with Crippen LogP contribution < -0.4 is 27.5 Å². The molecule has 3 fully saturated rings. The van der Waals surface area contributed by atoms with E-state index in [0.29, 0.717) is 11.3 Å². The maximum atomic E-state index is 15.1. The van der Waals surface area contributed by atoms with Gasteiger partial charge in [-0.15, -0.1) is 0 Å². The molecule has 0 amide bonds. The third-order valence-corrected chi connectivity index (χ3v) is 15.9. The fourth-order valence-electron chi connectivity index (χ4n) is 7.92. The van der Waals surface area contributed by atoms with Gasteiger partial charge in [0.1, 0.15) is 54.5 Å². The standard InChI is InChI=1S/C39H53FN8O13P2S/c1-24-33-28(58-37(24)47-17-15-30(49)46-39(47)51)19-55-62(52,53)60-34-27(18-40)38(48-23-45-32-35(42)43-22-44-36(32)48)59-29(34)20-56-63(54,61-33)64-21-25-11-13-26(14-12-25)57-31(50)10-8-6-4-2-3-5-7-9-16-41/h11-15,17,22-24,27-29,33-34,37-38H,2-10,16,18-21,41H2,1H3,(H,52,53)(H2,42,43,44)(H,46,49,51)/t24-,27-,28-,29-,33+,34+,37-,38-,63?/m1/s1. The Morgan fingerprint density at radius 1 is 0.922 bits per heavy atom. The summed E-state index contributed by atoms with van der Waals surface area (Å²) in [6, 6.07) is 7.76. The van der Waals surface area contributed by atoms with E-state index in [1.807, 2.05) is 0 Å². The molecule has 4 aromatic rings. The molecule has 21 nitrogen and oxygen atoms in total. The van der Waals surface area contributed by atoms with E-state index in [4.69, 9.17) is 43.8 Å². The first-order chi connectivity index (χ1) is 30.8. The second kappa shape index (κ2) is 21.6. The van der Waals surface area contributed by atoms with Crippen LogP contribution in [0.2, 0.25) is 0 Å². The summed E-state index contributed by atoms with van der Waals surface area (Å²) in [5, 5.41) is 0. The van der Waals surface area contributed by atoms with Crippen molar-refractivity contribution >= 4 is 49.0 Å². The van der Waals surface area contributed by atoms with Crippen LogP contribution in [-0.2, 0) is 47.2 Å². The molecule has 0 radical (unpaired) electrons. The van der Waals surface area contributed by atoms with Crippen LogP contribution in [0.25, 0.3) is 11.2 Å². The zero-order valence-corrected chi connectivity index (χ0v) is 37.7. The molecule has 6 heterocycles. The van der Waals surface area contributed by atoms with Crippen molar-refractivity contribution < 1.29 is 55.5 Å². The van der Waals surface area contributed by atoms with Gasteiger partial charge in [-0.25, -0.2) is 28.9 Å². The van der Waals surface area contributed by atoms with Gasteiger partial charge in [-0.3, -0.25) is 46.2 Å². The van der Waals surface area contributed by atoms with Gasteiger partial charge in [0.05, 0.1) is 32.1 Å². The number of H-pyrrole nitrogens is 1. The normalized spacial score (nSPS) is 29.8. The number of phosphoric ester groups is 1. The number of aromatic nitrogens is 6. The number of ether oxygens (including phenoxy) is 3. The van der Waals surface area contributed by atoms with E-state index in [9.17, 15) is 23.8 Å². The van der Waals surface area contributed by atoms with Crippen molar-refractivity contribution in [2.24, 2.45) is 17.6 Å². The van der Waals surface area contributed by atoms with Gasteiger partial charge in [-0.1, -0.05) is 57.6 Å². The van der Waals surface area contributed by atoms with E-state index in [1.165, 1.54) is 29.8 Å². The molecule has 0 aliphatic carbocycles. The number of carbonyl (C=O) groups excluding carboxylic acids is 1. The third-order valence-electron chi connectivity index (χ3n) is 11.3. The summed E-state index contributed by atoms with van der Waals surface area (Å²) in [4.78, 5) is 62.8. The zero-order valence-electron chi connectivity index (χ0n) is 35.1. The van der Waals surface area contributed by atoms with Crippen LogP contribution in [0.5, 0.6) is 5.75 Å². The predicted octanol–water partition coefficient (Wildman–Crippen LogP) is 5.31. The zero-order chi connectivity index (χ0) is 45.4. The van der Waals surface area contributed by atoms with Crippen molar-refractivity contribution in [3.63, 3.8) is 0 Å². The fraction of sp³-hybridized carbons (Fsp3) is 0.590. The van der Waals surface area contributed by atoms with E-state index in [-0.39, 0.29) is 35.1 Å². The molecule has 25 heteroatoms. The summed E-state index contributed by atoms with van der Waals surface area (Å²) in [6.07, 6.45) is 4.71. The summed E-state index contributed by atoms with van der Waals surface area (Å²) in [6.45, 7) is -4.39. The molecule has 1 aromatic carbocycles. The number of alkyl halides is 1. The summed E-state index contributed by atoms with van der Waals surface area (Å²) in [7, 11) is -5.04. The highest BCUT2D eigenvalue weighted by Gasteiger charge is 2.54. The lowest BCUT2D eigenvalue weighted by molar-refractivity contribution is -0.134. The van der Waals surface area contributed by atoms with E-state index in [2.05, 4.69) is 19.9 Å². The van der Waals surface area contributed by atoms with Crippen LogP contribution in [-0.4, -0.2) is 90.8 Å². The molecule has 3 aliphatic rings. The number of rotatable bonds is 17. The van der Waals surface area contributed by atoms with Crippen LogP contribution in [0, 0.1) is 11.8 Å². The van der Waals surface area contributed by atoms with E-state index in [1.54, 1.807) is 31.2 Å². The van der Waals surface area contributed by atoms with Crippen LogP contribution in [0.15, 0.2) is 58.8 Å². The molecule has 3 aliphatic heterocycles. The number of nitrogens with zero attached hydrogens (tertiary/aromatic N) is 5. The van der Waals surface area contributed by atoms with Gasteiger partial charge in [0.2, 0.25) is 0 Å². The molecule has 6 N–H and O–H groups in total. The molecule has 0 bridgehead atoms. The number of nitrogen functional groups attached to an aromatic ring is 1. The second-order valence-electron chi connectivity index (χ2n) is 15.8. The highest BCUT2D eigenvalue weighted by molar-refractivity contribution is 8.54. The monoisotopic (exact) mass is 954 g/mol. The van der Waals surface area contributed by atoms with E-state index < -0.39 is 94.5 Å². The Kier molecular flexibility index (Phi) is 16.2. The van der Waals surface area contributed by atoms with Crippen molar-refractivity contribution in [1.29, 1.82) is 0 Å². The minimum absolute atomic E-state index is 0.0544. The van der Waals surface area contributed by atoms with Crippen molar-refractivity contribution in [3.8, 4) is 5.75 Å². The Labute approximate surface area is 370 Å². The maximum Gasteiger partial charge on any atom is 0.472 e. The number of carbonyl (C=O) groups is 1. The molecule has 350 valence electrons. The first-order valence-electron chi connectivity index (χ1n) is 21.1. The lowest BCUT2D eigenvalue weighted by Gasteiger charge is -2.30. The van der Waals surface area contributed by atoms with Crippen LogP contribution in [0.3, 0.4) is 0 Å². The molecular formula is C39H53FN8O13P2S. The highest BCUT2D eigenvalue weighted by Crippen LogP contribution is 2.65. The molecule has 10 atom stereocenters. The van der Waals surface area contributed by atoms with Crippen molar-refractivity contribution in [3.05, 3.63) is 75.6 Å². The lowest BCUT2D eigenvalue weighted by atomic mass is 10.0. The Hall–Kier alpha value is -3.86. The number of nitrogens with one attached hydrogen (secondary N) is 1. The minimum atomic E-state index is -5.04. The van der Waals surface area contributed by atoms with Crippen molar-refractivity contribution in [2.45, 2.75) is 107 Å². The molecule has 3 aromatic heterocycles. The largest absolute Gasteiger partial charge is 0.472 e. The number of unbranched alkanes of at least 4 members (excludes halogenated alkanes) is 7. The Bertz CT molecular complexity index is 2430. The van der Waals surface area contributed by atoms with E-state index >= 15 is 8.96 Å². The predicted molar refractivity (Wildman–Crippen MR) is 231 cm³/mol. The Morgan fingerprint density at radius 3 is 2.33 bits per heavy atom. The number of fused-ring (bicyclic) bond motifs is 3.